The first-order valence-corrected chi connectivity index (χ1v) is 12.2. The second-order valence-electron chi connectivity index (χ2n) is 8.89. The van der Waals surface area contributed by atoms with Crippen LogP contribution in [0.15, 0.2) is 73.2 Å². The molecule has 0 unspecified atom stereocenters. The lowest BCUT2D eigenvalue weighted by atomic mass is 9.96. The van der Waals surface area contributed by atoms with E-state index < -0.39 is 4.92 Å². The molecule has 1 N–H and O–H groups in total. The topological polar surface area (TPSA) is 98.3 Å². The smallest absolute Gasteiger partial charge is 0.271 e. The molecule has 0 aliphatic carbocycles. The van der Waals surface area contributed by atoms with Gasteiger partial charge in [0, 0.05) is 48.7 Å². The summed E-state index contributed by atoms with van der Waals surface area (Å²) in [6.07, 6.45) is 5.36. The third kappa shape index (κ3) is 4.51. The molecule has 1 aliphatic heterocycles. The van der Waals surface area contributed by atoms with E-state index in [4.69, 9.17) is 17.0 Å². The summed E-state index contributed by atoms with van der Waals surface area (Å²) < 4.78 is 7.58. The highest BCUT2D eigenvalue weighted by atomic mass is 32.1. The maximum atomic E-state index is 11.5. The molecule has 4 heterocycles. The lowest BCUT2D eigenvalue weighted by molar-refractivity contribution is -0.384. The van der Waals surface area contributed by atoms with Gasteiger partial charge in [-0.15, -0.1) is 0 Å². The van der Waals surface area contributed by atoms with Crippen molar-refractivity contribution in [2.45, 2.75) is 32.5 Å². The lowest BCUT2D eigenvalue weighted by Gasteiger charge is -2.28. The van der Waals surface area contributed by atoms with Crippen molar-refractivity contribution in [1.82, 2.24) is 24.8 Å². The first-order valence-electron chi connectivity index (χ1n) is 11.8. The van der Waals surface area contributed by atoms with Gasteiger partial charge in [0.15, 0.2) is 5.11 Å². The summed E-state index contributed by atoms with van der Waals surface area (Å²) in [4.78, 5) is 22.2. The van der Waals surface area contributed by atoms with Gasteiger partial charge in [0.2, 0.25) is 0 Å². The van der Waals surface area contributed by atoms with Crippen LogP contribution in [0.1, 0.15) is 40.3 Å². The molecule has 0 bridgehead atoms. The van der Waals surface area contributed by atoms with Gasteiger partial charge in [0.05, 0.1) is 35.5 Å². The SMILES string of the molecule is COc1ccc([N+](=O)[O-])cc1-n1c(C)cc([C@@H]2[C@@H](c3ccccn3)NC(=S)N2Cc2cccnc2)c1C. The van der Waals surface area contributed by atoms with Gasteiger partial charge in [-0.25, -0.2) is 0 Å². The molecule has 188 valence electrons. The minimum absolute atomic E-state index is 0.00173. The average Bonchev–Trinajstić information content (AvgIpc) is 3.39. The Morgan fingerprint density at radius 3 is 2.65 bits per heavy atom. The van der Waals surface area contributed by atoms with Crippen molar-refractivity contribution in [3.63, 3.8) is 0 Å². The van der Waals surface area contributed by atoms with E-state index in [9.17, 15) is 10.1 Å². The van der Waals surface area contributed by atoms with Crippen molar-refractivity contribution in [3.05, 3.63) is 112 Å². The molecule has 0 saturated carbocycles. The summed E-state index contributed by atoms with van der Waals surface area (Å²) in [5.41, 5.74) is 5.42. The van der Waals surface area contributed by atoms with Crippen LogP contribution in [-0.4, -0.2) is 36.6 Å². The molecule has 4 aromatic rings. The Morgan fingerprint density at radius 1 is 1.14 bits per heavy atom. The summed E-state index contributed by atoms with van der Waals surface area (Å²) in [5, 5.41) is 15.6. The molecule has 10 heteroatoms. The quantitative estimate of drug-likeness (QED) is 0.210. The first-order chi connectivity index (χ1) is 17.9. The fraction of sp³-hybridized carbons (Fsp3) is 0.222. The van der Waals surface area contributed by atoms with Crippen molar-refractivity contribution in [2.75, 3.05) is 7.11 Å². The average molecular weight is 515 g/mol. The van der Waals surface area contributed by atoms with Crippen LogP contribution in [0.25, 0.3) is 5.69 Å². The summed E-state index contributed by atoms with van der Waals surface area (Å²) in [6, 6.07) is 16.1. The predicted octanol–water partition coefficient (Wildman–Crippen LogP) is 4.97. The van der Waals surface area contributed by atoms with Crippen LogP contribution in [0.5, 0.6) is 5.75 Å². The van der Waals surface area contributed by atoms with Gasteiger partial charge in [-0.1, -0.05) is 12.1 Å². The minimum Gasteiger partial charge on any atom is -0.495 e. The Bertz CT molecular complexity index is 1460. The third-order valence-electron chi connectivity index (χ3n) is 6.68. The second kappa shape index (κ2) is 9.98. The molecule has 1 saturated heterocycles. The molecule has 37 heavy (non-hydrogen) atoms. The van der Waals surface area contributed by atoms with Crippen molar-refractivity contribution in [2.24, 2.45) is 0 Å². The van der Waals surface area contributed by atoms with Crippen molar-refractivity contribution in [3.8, 4) is 11.4 Å². The fourth-order valence-corrected chi connectivity index (χ4v) is 5.33. The highest BCUT2D eigenvalue weighted by Gasteiger charge is 2.41. The number of aryl methyl sites for hydroxylation is 1. The van der Waals surface area contributed by atoms with Crippen LogP contribution in [-0.2, 0) is 6.54 Å². The second-order valence-corrected chi connectivity index (χ2v) is 9.28. The molecular formula is C27H26N6O3S. The highest BCUT2D eigenvalue weighted by molar-refractivity contribution is 7.80. The molecule has 0 spiro atoms. The number of aromatic nitrogens is 3. The number of hydrogen-bond donors (Lipinski definition) is 1. The molecule has 1 fully saturated rings. The van der Waals surface area contributed by atoms with E-state index in [1.165, 1.54) is 6.07 Å². The summed E-state index contributed by atoms with van der Waals surface area (Å²) >= 11 is 5.82. The number of thiocarbonyl (C=S) groups is 1. The number of nitro benzene ring substituents is 1. The van der Waals surface area contributed by atoms with Crippen molar-refractivity contribution in [1.29, 1.82) is 0 Å². The Balaban J connectivity index is 1.66. The zero-order valence-corrected chi connectivity index (χ0v) is 21.5. The van der Waals surface area contributed by atoms with E-state index in [2.05, 4.69) is 26.3 Å². The fourth-order valence-electron chi connectivity index (χ4n) is 5.03. The molecule has 3 aromatic heterocycles. The van der Waals surface area contributed by atoms with Crippen LogP contribution < -0.4 is 10.1 Å². The summed E-state index contributed by atoms with van der Waals surface area (Å²) in [7, 11) is 1.56. The number of rotatable bonds is 7. The van der Waals surface area contributed by atoms with Gasteiger partial charge < -0.3 is 19.5 Å². The highest BCUT2D eigenvalue weighted by Crippen LogP contribution is 2.43. The van der Waals surface area contributed by atoms with Crippen LogP contribution in [0.4, 0.5) is 5.69 Å². The lowest BCUT2D eigenvalue weighted by Crippen LogP contribution is -2.29. The van der Waals surface area contributed by atoms with Crippen LogP contribution in [0, 0.1) is 24.0 Å². The number of ether oxygens (including phenoxy) is 1. The molecule has 5 rings (SSSR count). The first kappa shape index (κ1) is 24.4. The van der Waals surface area contributed by atoms with E-state index in [1.807, 2.05) is 54.9 Å². The zero-order valence-electron chi connectivity index (χ0n) is 20.7. The maximum Gasteiger partial charge on any atom is 0.271 e. The number of non-ortho nitro benzene ring substituents is 1. The Labute approximate surface area is 219 Å². The molecule has 0 amide bonds. The van der Waals surface area contributed by atoms with Gasteiger partial charge in [-0.3, -0.25) is 20.1 Å². The number of benzene rings is 1. The molecule has 1 aliphatic rings. The number of methoxy groups -OCH3 is 1. The van der Waals surface area contributed by atoms with Gasteiger partial charge in [-0.2, -0.15) is 0 Å². The third-order valence-corrected chi connectivity index (χ3v) is 7.03. The van der Waals surface area contributed by atoms with E-state index in [-0.39, 0.29) is 17.8 Å². The van der Waals surface area contributed by atoms with Gasteiger partial charge >= 0.3 is 0 Å². The summed E-state index contributed by atoms with van der Waals surface area (Å²) in [5.74, 6) is 0.549. The molecular weight excluding hydrogens is 488 g/mol. The Kier molecular flexibility index (Phi) is 6.58. The van der Waals surface area contributed by atoms with Crippen LogP contribution in [0.2, 0.25) is 0 Å². The number of pyridine rings is 2. The Hall–Kier alpha value is -4.31. The molecule has 2 atom stereocenters. The molecule has 9 nitrogen and oxygen atoms in total. The van der Waals surface area contributed by atoms with Gasteiger partial charge in [0.25, 0.3) is 5.69 Å². The number of hydrogen-bond acceptors (Lipinski definition) is 6. The zero-order chi connectivity index (χ0) is 26.1. The van der Waals surface area contributed by atoms with Crippen molar-refractivity contribution >= 4 is 23.0 Å². The number of nitro groups is 1. The van der Waals surface area contributed by atoms with E-state index in [0.29, 0.717) is 23.1 Å². The Morgan fingerprint density at radius 2 is 1.97 bits per heavy atom. The van der Waals surface area contributed by atoms with Crippen molar-refractivity contribution < 1.29 is 9.66 Å². The predicted molar refractivity (Wildman–Crippen MR) is 144 cm³/mol. The monoisotopic (exact) mass is 514 g/mol. The van der Waals surface area contributed by atoms with Gasteiger partial charge in [-0.05, 0) is 67.5 Å². The van der Waals surface area contributed by atoms with Gasteiger partial charge in [0.1, 0.15) is 5.75 Å². The maximum absolute atomic E-state index is 11.5. The molecule has 1 aromatic carbocycles. The molecule has 0 radical (unpaired) electrons. The normalized spacial score (nSPS) is 17.1. The van der Waals surface area contributed by atoms with E-state index in [1.54, 1.807) is 31.6 Å². The number of nitrogens with zero attached hydrogens (tertiary/aromatic N) is 5. The van der Waals surface area contributed by atoms with E-state index >= 15 is 0 Å². The van der Waals surface area contributed by atoms with Crippen LogP contribution >= 0.6 is 12.2 Å². The number of nitrogens with one attached hydrogen (secondary N) is 1. The largest absolute Gasteiger partial charge is 0.495 e. The summed E-state index contributed by atoms with van der Waals surface area (Å²) in [6.45, 7) is 4.56. The standard InChI is InChI=1S/C27H26N6O3S/c1-17-13-21(18(2)32(17)23-14-20(33(34)35)9-10-24(23)36-3)26-25(22-8-4-5-12-29-22)30-27(37)31(26)16-19-7-6-11-28-15-19/h4-15,25-26H,16H2,1-3H3,(H,30,37)/t25-,26-/m1/s1. The van der Waals surface area contributed by atoms with Crippen LogP contribution in [0.3, 0.4) is 0 Å². The van der Waals surface area contributed by atoms with E-state index in [0.717, 1.165) is 28.2 Å². The minimum atomic E-state index is -0.399.